The number of rotatable bonds is 3. The van der Waals surface area contributed by atoms with E-state index in [0.717, 1.165) is 37.7 Å². The minimum atomic E-state index is -0.737. The molecule has 1 heteroatoms. The highest BCUT2D eigenvalue weighted by Gasteiger charge is 2.26. The first-order valence-electron chi connectivity index (χ1n) is 7.56. The van der Waals surface area contributed by atoms with Crippen molar-refractivity contribution in [3.63, 3.8) is 0 Å². The second-order valence-corrected chi connectivity index (χ2v) is 5.64. The van der Waals surface area contributed by atoms with Crippen LogP contribution >= 0.6 is 0 Å². The van der Waals surface area contributed by atoms with E-state index in [1.54, 1.807) is 0 Å². The van der Waals surface area contributed by atoms with E-state index in [-0.39, 0.29) is 0 Å². The van der Waals surface area contributed by atoms with Gasteiger partial charge in [0.2, 0.25) is 0 Å². The van der Waals surface area contributed by atoms with Crippen LogP contribution in [0.1, 0.15) is 63.0 Å². The number of hydrogen-bond acceptors (Lipinski definition) is 1. The van der Waals surface area contributed by atoms with Crippen LogP contribution in [-0.4, -0.2) is 10.7 Å². The number of benzene rings is 1. The summed E-state index contributed by atoms with van der Waals surface area (Å²) in [5.74, 6) is 6.22. The van der Waals surface area contributed by atoms with Crippen LogP contribution in [0.5, 0.6) is 0 Å². The lowest BCUT2D eigenvalue weighted by Gasteiger charge is -2.26. The van der Waals surface area contributed by atoms with Gasteiger partial charge < -0.3 is 5.11 Å². The van der Waals surface area contributed by atoms with E-state index in [2.05, 4.69) is 43.0 Å². The van der Waals surface area contributed by atoms with Gasteiger partial charge in [-0.2, -0.15) is 0 Å². The lowest BCUT2D eigenvalue weighted by molar-refractivity contribution is 0.0610. The van der Waals surface area contributed by atoms with Crippen LogP contribution in [0.3, 0.4) is 0 Å². The fourth-order valence-corrected chi connectivity index (χ4v) is 2.59. The lowest BCUT2D eigenvalue weighted by atomic mass is 9.85. The number of aryl methyl sites for hydroxylation is 1. The summed E-state index contributed by atoms with van der Waals surface area (Å²) in [6, 6.07) is 8.46. The second kappa shape index (κ2) is 6.78. The zero-order valence-corrected chi connectivity index (χ0v) is 11.9. The molecule has 0 atom stereocenters. The Morgan fingerprint density at radius 2 is 1.79 bits per heavy atom. The highest BCUT2D eigenvalue weighted by Crippen LogP contribution is 2.27. The van der Waals surface area contributed by atoms with Crippen molar-refractivity contribution < 1.29 is 5.11 Å². The Labute approximate surface area is 117 Å². The van der Waals surface area contributed by atoms with Gasteiger partial charge in [-0.15, -0.1) is 0 Å². The van der Waals surface area contributed by atoms with E-state index in [9.17, 15) is 5.11 Å². The zero-order valence-electron chi connectivity index (χ0n) is 11.9. The first-order valence-corrected chi connectivity index (χ1v) is 7.56. The molecule has 1 nitrogen and oxygen atoms in total. The summed E-state index contributed by atoms with van der Waals surface area (Å²) in [6.45, 7) is 2.21. The molecule has 1 aromatic carbocycles. The van der Waals surface area contributed by atoms with Crippen molar-refractivity contribution in [2.45, 2.75) is 63.9 Å². The lowest BCUT2D eigenvalue weighted by Crippen LogP contribution is -2.29. The van der Waals surface area contributed by atoms with Gasteiger partial charge in [0.25, 0.3) is 0 Å². The molecule has 1 N–H and O–H groups in total. The Balaban J connectivity index is 1.99. The second-order valence-electron chi connectivity index (χ2n) is 5.64. The minimum absolute atomic E-state index is 0.737. The minimum Gasteiger partial charge on any atom is -0.378 e. The average molecular weight is 256 g/mol. The molecule has 0 amide bonds. The van der Waals surface area contributed by atoms with Crippen LogP contribution in [-0.2, 0) is 6.42 Å². The summed E-state index contributed by atoms with van der Waals surface area (Å²) < 4.78 is 0. The Kier molecular flexibility index (Phi) is 5.05. The number of hydrogen-bond donors (Lipinski definition) is 1. The molecule has 102 valence electrons. The van der Waals surface area contributed by atoms with Gasteiger partial charge in [-0.3, -0.25) is 0 Å². The Bertz CT molecular complexity index is 441. The Hall–Kier alpha value is -1.26. The molecule has 1 saturated carbocycles. The largest absolute Gasteiger partial charge is 0.378 e. The van der Waals surface area contributed by atoms with E-state index >= 15 is 0 Å². The maximum atomic E-state index is 10.3. The van der Waals surface area contributed by atoms with E-state index in [1.807, 2.05) is 0 Å². The molecule has 2 rings (SSSR count). The first kappa shape index (κ1) is 14.2. The summed E-state index contributed by atoms with van der Waals surface area (Å²) in [6.07, 6.45) is 8.70. The van der Waals surface area contributed by atoms with Gasteiger partial charge in [-0.25, -0.2) is 0 Å². The van der Waals surface area contributed by atoms with Gasteiger partial charge in [-0.05, 0) is 56.2 Å². The van der Waals surface area contributed by atoms with Crippen LogP contribution in [0.25, 0.3) is 0 Å². The molecule has 0 aromatic heterocycles. The third kappa shape index (κ3) is 4.40. The topological polar surface area (TPSA) is 20.2 Å². The maximum Gasteiger partial charge on any atom is 0.125 e. The standard InChI is InChI=1S/C18H24O/c1-2-3-7-16-8-10-17(11-9-16)12-15-18(19)13-5-4-6-14-18/h8-11,19H,2-7,13-14H2,1H3. The quantitative estimate of drug-likeness (QED) is 0.808. The third-order valence-corrected chi connectivity index (χ3v) is 3.89. The molecule has 0 saturated heterocycles. The molecule has 0 unspecified atom stereocenters. The fourth-order valence-electron chi connectivity index (χ4n) is 2.59. The van der Waals surface area contributed by atoms with Crippen molar-refractivity contribution in [2.24, 2.45) is 0 Å². The van der Waals surface area contributed by atoms with Crippen molar-refractivity contribution in [3.05, 3.63) is 35.4 Å². The highest BCUT2D eigenvalue weighted by atomic mass is 16.3. The molecule has 0 aliphatic heterocycles. The molecular weight excluding hydrogens is 232 g/mol. The van der Waals surface area contributed by atoms with Crippen LogP contribution < -0.4 is 0 Å². The van der Waals surface area contributed by atoms with E-state index in [0.29, 0.717) is 0 Å². The summed E-state index contributed by atoms with van der Waals surface area (Å²) in [5.41, 5.74) is 1.65. The molecule has 1 aliphatic carbocycles. The zero-order chi connectivity index (χ0) is 13.6. The predicted octanol–water partition coefficient (Wildman–Crippen LogP) is 4.08. The van der Waals surface area contributed by atoms with E-state index < -0.39 is 5.60 Å². The van der Waals surface area contributed by atoms with Gasteiger partial charge in [-0.1, -0.05) is 43.7 Å². The Morgan fingerprint density at radius 3 is 2.42 bits per heavy atom. The van der Waals surface area contributed by atoms with Crippen molar-refractivity contribution >= 4 is 0 Å². The fraction of sp³-hybridized carbons (Fsp3) is 0.556. The van der Waals surface area contributed by atoms with E-state index in [1.165, 1.54) is 24.8 Å². The van der Waals surface area contributed by atoms with Crippen molar-refractivity contribution in [2.75, 3.05) is 0 Å². The molecule has 1 aromatic rings. The van der Waals surface area contributed by atoms with Crippen LogP contribution in [0, 0.1) is 11.8 Å². The van der Waals surface area contributed by atoms with Crippen LogP contribution in [0.2, 0.25) is 0 Å². The van der Waals surface area contributed by atoms with Gasteiger partial charge in [0.1, 0.15) is 5.60 Å². The summed E-state index contributed by atoms with van der Waals surface area (Å²) in [5, 5.41) is 10.3. The van der Waals surface area contributed by atoms with Crippen molar-refractivity contribution in [1.82, 2.24) is 0 Å². The molecule has 0 spiro atoms. The maximum absolute atomic E-state index is 10.3. The predicted molar refractivity (Wildman–Crippen MR) is 80.0 cm³/mol. The van der Waals surface area contributed by atoms with Crippen LogP contribution in [0.15, 0.2) is 24.3 Å². The van der Waals surface area contributed by atoms with Gasteiger partial charge in [0.05, 0.1) is 0 Å². The molecule has 19 heavy (non-hydrogen) atoms. The number of unbranched alkanes of at least 4 members (excludes halogenated alkanes) is 1. The summed E-state index contributed by atoms with van der Waals surface area (Å²) in [4.78, 5) is 0. The molecule has 1 aliphatic rings. The molecule has 1 fully saturated rings. The molecule has 0 bridgehead atoms. The first-order chi connectivity index (χ1) is 9.22. The molecule has 0 heterocycles. The SMILES string of the molecule is CCCCc1ccc(C#CC2(O)CCCCC2)cc1. The van der Waals surface area contributed by atoms with Gasteiger partial charge in [0.15, 0.2) is 0 Å². The monoisotopic (exact) mass is 256 g/mol. The average Bonchev–Trinajstić information content (AvgIpc) is 2.45. The van der Waals surface area contributed by atoms with Crippen molar-refractivity contribution in [1.29, 1.82) is 0 Å². The normalized spacial score (nSPS) is 17.6. The third-order valence-electron chi connectivity index (χ3n) is 3.89. The number of aliphatic hydroxyl groups is 1. The van der Waals surface area contributed by atoms with Gasteiger partial charge in [0, 0.05) is 5.56 Å². The highest BCUT2D eigenvalue weighted by molar-refractivity contribution is 5.38. The summed E-state index contributed by atoms with van der Waals surface area (Å²) >= 11 is 0. The smallest absolute Gasteiger partial charge is 0.125 e. The summed E-state index contributed by atoms with van der Waals surface area (Å²) in [7, 11) is 0. The van der Waals surface area contributed by atoms with Crippen molar-refractivity contribution in [3.8, 4) is 11.8 Å². The molecule has 0 radical (unpaired) electrons. The van der Waals surface area contributed by atoms with E-state index in [4.69, 9.17) is 0 Å². The van der Waals surface area contributed by atoms with Crippen LogP contribution in [0.4, 0.5) is 0 Å². The van der Waals surface area contributed by atoms with Gasteiger partial charge >= 0.3 is 0 Å². The molecular formula is C18H24O. The Morgan fingerprint density at radius 1 is 1.11 bits per heavy atom.